The third kappa shape index (κ3) is 4.54. The fourth-order valence-electron chi connectivity index (χ4n) is 2.91. The number of carbonyl (C=O) groups excluding carboxylic acids is 2. The molecule has 0 saturated carbocycles. The Morgan fingerprint density at radius 1 is 0.903 bits per heavy atom. The Hall–Kier alpha value is -3.78. The highest BCUT2D eigenvalue weighted by Gasteiger charge is 2.16. The van der Waals surface area contributed by atoms with Gasteiger partial charge in [-0.25, -0.2) is 9.37 Å². The molecule has 31 heavy (non-hydrogen) atoms. The molecule has 1 N–H and O–H groups in total. The second-order valence-electron chi connectivity index (χ2n) is 6.58. The van der Waals surface area contributed by atoms with Crippen molar-refractivity contribution < 1.29 is 14.0 Å². The van der Waals surface area contributed by atoms with Crippen LogP contribution < -0.4 is 11.0 Å². The van der Waals surface area contributed by atoms with Crippen LogP contribution in [0, 0.1) is 5.82 Å². The van der Waals surface area contributed by atoms with Gasteiger partial charge in [0.2, 0.25) is 0 Å². The summed E-state index contributed by atoms with van der Waals surface area (Å²) in [4.78, 5) is 42.6. The Balaban J connectivity index is 1.66. The molecule has 0 fully saturated rings. The van der Waals surface area contributed by atoms with Crippen LogP contribution in [0.3, 0.4) is 0 Å². The third-order valence-corrected chi connectivity index (χ3v) is 5.43. The van der Waals surface area contributed by atoms with E-state index in [1.54, 1.807) is 54.6 Å². The molecule has 3 aromatic carbocycles. The molecule has 1 aromatic heterocycles. The molecular weight excluding hydrogens is 417 g/mol. The lowest BCUT2D eigenvalue weighted by molar-refractivity contribution is 0.100. The first kappa shape index (κ1) is 20.5. The summed E-state index contributed by atoms with van der Waals surface area (Å²) in [6.45, 7) is 0. The Kier molecular flexibility index (Phi) is 5.90. The lowest BCUT2D eigenvalue weighted by Crippen LogP contribution is -2.35. The molecule has 154 valence electrons. The Morgan fingerprint density at radius 3 is 2.32 bits per heavy atom. The number of halogens is 1. The molecule has 0 spiro atoms. The first-order valence-corrected chi connectivity index (χ1v) is 10.3. The molecule has 0 unspecified atom stereocenters. The van der Waals surface area contributed by atoms with Crippen LogP contribution in [0.15, 0.2) is 88.8 Å². The molecule has 4 rings (SSSR count). The molecule has 1 amide bonds. The van der Waals surface area contributed by atoms with E-state index in [1.807, 2.05) is 0 Å². The van der Waals surface area contributed by atoms with Crippen LogP contribution in [-0.2, 0) is 0 Å². The summed E-state index contributed by atoms with van der Waals surface area (Å²) in [7, 11) is 0. The Bertz CT molecular complexity index is 1320. The number of rotatable bonds is 6. The van der Waals surface area contributed by atoms with Gasteiger partial charge in [-0.1, -0.05) is 42.1 Å². The predicted molar refractivity (Wildman–Crippen MR) is 118 cm³/mol. The molecule has 0 aliphatic carbocycles. The zero-order valence-electron chi connectivity index (χ0n) is 16.1. The van der Waals surface area contributed by atoms with Gasteiger partial charge in [-0.15, -0.1) is 0 Å². The number of nitrogens with one attached hydrogen (secondary N) is 1. The molecular formula is C23H16FN3O3S. The van der Waals surface area contributed by atoms with Crippen LogP contribution in [0.2, 0.25) is 0 Å². The van der Waals surface area contributed by atoms with Crippen molar-refractivity contribution in [1.29, 1.82) is 0 Å². The molecule has 0 saturated heterocycles. The number of nitrogens with zero attached hydrogens (tertiary/aromatic N) is 2. The fraction of sp³-hybridized carbons (Fsp3) is 0.0435. The van der Waals surface area contributed by atoms with Gasteiger partial charge < -0.3 is 0 Å². The van der Waals surface area contributed by atoms with E-state index in [4.69, 9.17) is 0 Å². The minimum atomic E-state index is -0.480. The number of hydrogen-bond acceptors (Lipinski definition) is 5. The van der Waals surface area contributed by atoms with E-state index in [9.17, 15) is 18.8 Å². The van der Waals surface area contributed by atoms with E-state index >= 15 is 0 Å². The van der Waals surface area contributed by atoms with Crippen molar-refractivity contribution in [1.82, 2.24) is 9.66 Å². The van der Waals surface area contributed by atoms with E-state index in [0.717, 1.165) is 16.4 Å². The number of para-hydroxylation sites is 1. The van der Waals surface area contributed by atoms with Crippen molar-refractivity contribution in [2.24, 2.45) is 0 Å². The van der Waals surface area contributed by atoms with Gasteiger partial charge in [0, 0.05) is 11.1 Å². The first-order chi connectivity index (χ1) is 15.0. The average Bonchev–Trinajstić information content (AvgIpc) is 2.80. The molecule has 1 heterocycles. The van der Waals surface area contributed by atoms with Gasteiger partial charge in [0.15, 0.2) is 10.9 Å². The first-order valence-electron chi connectivity index (χ1n) is 9.33. The maximum Gasteiger partial charge on any atom is 0.281 e. The number of aromatic nitrogens is 2. The maximum atomic E-state index is 13.1. The van der Waals surface area contributed by atoms with Gasteiger partial charge in [0.25, 0.3) is 11.5 Å². The van der Waals surface area contributed by atoms with Gasteiger partial charge in [-0.3, -0.25) is 19.8 Å². The number of Topliss-reactive ketones (excluding diaryl/α,β-unsaturated/α-hetero) is 1. The fourth-order valence-corrected chi connectivity index (χ4v) is 3.76. The van der Waals surface area contributed by atoms with Crippen LogP contribution in [-0.4, -0.2) is 27.1 Å². The molecule has 0 bridgehead atoms. The molecule has 0 aliphatic rings. The van der Waals surface area contributed by atoms with Crippen molar-refractivity contribution in [2.45, 2.75) is 5.16 Å². The van der Waals surface area contributed by atoms with E-state index in [0.29, 0.717) is 22.0 Å². The number of amides is 1. The average molecular weight is 433 g/mol. The van der Waals surface area contributed by atoms with Crippen molar-refractivity contribution in [3.8, 4) is 0 Å². The van der Waals surface area contributed by atoms with E-state index in [1.165, 1.54) is 24.3 Å². The summed E-state index contributed by atoms with van der Waals surface area (Å²) in [6.07, 6.45) is 0. The summed E-state index contributed by atoms with van der Waals surface area (Å²) in [5, 5.41) is 0.508. The second kappa shape index (κ2) is 8.93. The van der Waals surface area contributed by atoms with Crippen LogP contribution in [0.5, 0.6) is 0 Å². The highest BCUT2D eigenvalue weighted by atomic mass is 32.2. The van der Waals surface area contributed by atoms with E-state index in [-0.39, 0.29) is 16.7 Å². The standard InChI is InChI=1S/C23H16FN3O3S/c24-17-12-10-15(11-13-17)20(28)14-31-23-25-19-9-5-4-8-18(19)22(30)27(23)26-21(29)16-6-2-1-3-7-16/h1-13H,14H2,(H,26,29). The number of hydrogen-bond donors (Lipinski definition) is 1. The zero-order valence-corrected chi connectivity index (χ0v) is 16.9. The smallest absolute Gasteiger partial charge is 0.281 e. The lowest BCUT2D eigenvalue weighted by Gasteiger charge is -2.14. The molecule has 8 heteroatoms. The highest BCUT2D eigenvalue weighted by Crippen LogP contribution is 2.19. The van der Waals surface area contributed by atoms with Crippen molar-refractivity contribution in [3.63, 3.8) is 0 Å². The Morgan fingerprint density at radius 2 is 1.58 bits per heavy atom. The van der Waals surface area contributed by atoms with E-state index < -0.39 is 17.3 Å². The maximum absolute atomic E-state index is 13.1. The number of thioether (sulfide) groups is 1. The number of fused-ring (bicyclic) bond motifs is 1. The number of benzene rings is 3. The van der Waals surface area contributed by atoms with Crippen molar-refractivity contribution in [3.05, 3.63) is 106 Å². The Labute approximate surface area is 180 Å². The van der Waals surface area contributed by atoms with Gasteiger partial charge >= 0.3 is 0 Å². The van der Waals surface area contributed by atoms with Gasteiger partial charge in [-0.2, -0.15) is 4.68 Å². The summed E-state index contributed by atoms with van der Waals surface area (Å²) < 4.78 is 14.2. The summed E-state index contributed by atoms with van der Waals surface area (Å²) in [5.41, 5.74) is 3.30. The van der Waals surface area contributed by atoms with Crippen LogP contribution in [0.25, 0.3) is 10.9 Å². The van der Waals surface area contributed by atoms with Crippen molar-refractivity contribution in [2.75, 3.05) is 11.2 Å². The largest absolute Gasteiger partial charge is 0.293 e. The van der Waals surface area contributed by atoms with Crippen LogP contribution in [0.4, 0.5) is 4.39 Å². The SMILES string of the molecule is O=C(CSc1nc2ccccc2c(=O)n1NC(=O)c1ccccc1)c1ccc(F)cc1. The molecule has 0 aliphatic heterocycles. The highest BCUT2D eigenvalue weighted by molar-refractivity contribution is 7.99. The van der Waals surface area contributed by atoms with Gasteiger partial charge in [0.1, 0.15) is 5.82 Å². The normalized spacial score (nSPS) is 10.7. The minimum absolute atomic E-state index is 0.0440. The molecule has 4 aromatic rings. The van der Waals surface area contributed by atoms with Crippen LogP contribution in [0.1, 0.15) is 20.7 Å². The van der Waals surface area contributed by atoms with E-state index in [2.05, 4.69) is 10.4 Å². The van der Waals surface area contributed by atoms with Gasteiger partial charge in [-0.05, 0) is 48.5 Å². The molecule has 0 radical (unpaired) electrons. The minimum Gasteiger partial charge on any atom is -0.293 e. The number of ketones is 1. The van der Waals surface area contributed by atoms with Crippen LogP contribution >= 0.6 is 11.8 Å². The number of carbonyl (C=O) groups is 2. The summed E-state index contributed by atoms with van der Waals surface area (Å²) >= 11 is 1.01. The monoisotopic (exact) mass is 433 g/mol. The third-order valence-electron chi connectivity index (χ3n) is 4.49. The lowest BCUT2D eigenvalue weighted by atomic mass is 10.1. The molecule has 0 atom stereocenters. The molecule has 6 nitrogen and oxygen atoms in total. The van der Waals surface area contributed by atoms with Gasteiger partial charge in [0.05, 0.1) is 16.7 Å². The topological polar surface area (TPSA) is 81.1 Å². The predicted octanol–water partition coefficient (Wildman–Crippen LogP) is 3.89. The summed E-state index contributed by atoms with van der Waals surface area (Å²) in [6, 6.07) is 20.4. The summed E-state index contributed by atoms with van der Waals surface area (Å²) in [5.74, 6) is -1.21. The quantitative estimate of drug-likeness (QED) is 0.283. The van der Waals surface area contributed by atoms with Crippen molar-refractivity contribution >= 4 is 34.4 Å². The zero-order chi connectivity index (χ0) is 21.8. The second-order valence-corrected chi connectivity index (χ2v) is 7.52.